The van der Waals surface area contributed by atoms with E-state index in [2.05, 4.69) is 49.6 Å². The smallest absolute Gasteiger partial charge is 0.239 e. The minimum absolute atomic E-state index is 0.0208. The molecule has 0 aliphatic heterocycles. The molecule has 0 aliphatic carbocycles. The van der Waals surface area contributed by atoms with Crippen molar-refractivity contribution in [3.63, 3.8) is 0 Å². The van der Waals surface area contributed by atoms with Gasteiger partial charge in [0.25, 0.3) is 0 Å². The van der Waals surface area contributed by atoms with E-state index in [0.29, 0.717) is 12.6 Å². The lowest BCUT2D eigenvalue weighted by Gasteiger charge is -2.21. The largest absolute Gasteiger partial charge is 0.365 e. The first-order chi connectivity index (χ1) is 8.93. The molecule has 0 saturated heterocycles. The molecular formula is C15H25N3O. The third-order valence-electron chi connectivity index (χ3n) is 3.05. The molecule has 0 saturated carbocycles. The molecule has 1 aromatic carbocycles. The molecule has 0 heterocycles. The van der Waals surface area contributed by atoms with Crippen LogP contribution in [0.3, 0.4) is 0 Å². The third kappa shape index (κ3) is 4.91. The van der Waals surface area contributed by atoms with E-state index in [-0.39, 0.29) is 5.91 Å². The topological polar surface area (TPSA) is 44.4 Å². The number of carbonyl (C=O) groups excluding carboxylic acids is 1. The van der Waals surface area contributed by atoms with E-state index in [1.807, 2.05) is 11.9 Å². The summed E-state index contributed by atoms with van der Waals surface area (Å²) in [7, 11) is 3.59. The molecule has 106 valence electrons. The van der Waals surface area contributed by atoms with Gasteiger partial charge in [0.1, 0.15) is 0 Å². The van der Waals surface area contributed by atoms with Gasteiger partial charge in [-0.25, -0.2) is 0 Å². The molecule has 0 atom stereocenters. The molecule has 0 unspecified atom stereocenters. The summed E-state index contributed by atoms with van der Waals surface area (Å²) in [6, 6.07) is 6.84. The number of hydrogen-bond acceptors (Lipinski definition) is 3. The molecule has 1 amide bonds. The van der Waals surface area contributed by atoms with Gasteiger partial charge in [0, 0.05) is 32.4 Å². The van der Waals surface area contributed by atoms with Crippen LogP contribution in [0.15, 0.2) is 18.2 Å². The van der Waals surface area contributed by atoms with Gasteiger partial charge in [-0.2, -0.15) is 0 Å². The Kier molecular flexibility index (Phi) is 5.83. The Morgan fingerprint density at radius 2 is 2.05 bits per heavy atom. The van der Waals surface area contributed by atoms with Crippen molar-refractivity contribution in [3.8, 4) is 0 Å². The van der Waals surface area contributed by atoms with E-state index < -0.39 is 0 Å². The molecule has 1 rings (SSSR count). The second-order valence-electron chi connectivity index (χ2n) is 5.19. The van der Waals surface area contributed by atoms with Gasteiger partial charge in [-0.3, -0.25) is 4.79 Å². The van der Waals surface area contributed by atoms with E-state index >= 15 is 0 Å². The van der Waals surface area contributed by atoms with Gasteiger partial charge in [0.2, 0.25) is 5.91 Å². The predicted octanol–water partition coefficient (Wildman–Crippen LogP) is 1.68. The van der Waals surface area contributed by atoms with E-state index in [1.165, 1.54) is 11.1 Å². The monoisotopic (exact) mass is 263 g/mol. The number of nitrogens with one attached hydrogen (secondary N) is 2. The van der Waals surface area contributed by atoms with Crippen LogP contribution in [0, 0.1) is 6.92 Å². The van der Waals surface area contributed by atoms with Crippen LogP contribution in [-0.2, 0) is 11.3 Å². The van der Waals surface area contributed by atoms with Crippen LogP contribution in [0.2, 0.25) is 0 Å². The Labute approximate surface area is 116 Å². The Bertz CT molecular complexity index is 429. The molecule has 1 aromatic rings. The average molecular weight is 263 g/mol. The number of amides is 1. The van der Waals surface area contributed by atoms with E-state index in [1.54, 1.807) is 7.05 Å². The van der Waals surface area contributed by atoms with Crippen LogP contribution in [-0.4, -0.2) is 32.6 Å². The summed E-state index contributed by atoms with van der Waals surface area (Å²) in [4.78, 5) is 13.4. The van der Waals surface area contributed by atoms with Gasteiger partial charge in [0.15, 0.2) is 0 Å². The summed E-state index contributed by atoms with van der Waals surface area (Å²) in [5, 5.41) is 6.04. The zero-order valence-corrected chi connectivity index (χ0v) is 12.6. The van der Waals surface area contributed by atoms with Crippen molar-refractivity contribution >= 4 is 11.6 Å². The van der Waals surface area contributed by atoms with Crippen LogP contribution >= 0.6 is 0 Å². The van der Waals surface area contributed by atoms with E-state index in [0.717, 1.165) is 12.2 Å². The molecule has 4 heteroatoms. The number of hydrogen-bond donors (Lipinski definition) is 2. The summed E-state index contributed by atoms with van der Waals surface area (Å²) in [5.41, 5.74) is 3.55. The highest BCUT2D eigenvalue weighted by atomic mass is 16.1. The lowest BCUT2D eigenvalue weighted by atomic mass is 10.1. The fraction of sp³-hybridized carbons (Fsp3) is 0.533. The maximum atomic E-state index is 11.4. The van der Waals surface area contributed by atoms with Crippen molar-refractivity contribution < 1.29 is 4.79 Å². The Hall–Kier alpha value is -1.55. The van der Waals surface area contributed by atoms with E-state index in [4.69, 9.17) is 0 Å². The maximum Gasteiger partial charge on any atom is 0.239 e. The van der Waals surface area contributed by atoms with Gasteiger partial charge in [-0.1, -0.05) is 26.0 Å². The second kappa shape index (κ2) is 7.14. The number of benzene rings is 1. The van der Waals surface area contributed by atoms with Crippen molar-refractivity contribution in [2.45, 2.75) is 33.4 Å². The van der Waals surface area contributed by atoms with Gasteiger partial charge >= 0.3 is 0 Å². The summed E-state index contributed by atoms with van der Waals surface area (Å²) in [5.74, 6) is 0.0208. The first-order valence-corrected chi connectivity index (χ1v) is 6.68. The molecule has 0 aromatic heterocycles. The Morgan fingerprint density at radius 3 is 2.58 bits per heavy atom. The molecule has 0 aliphatic rings. The minimum Gasteiger partial charge on any atom is -0.365 e. The quantitative estimate of drug-likeness (QED) is 0.820. The van der Waals surface area contributed by atoms with Crippen molar-refractivity contribution in [1.29, 1.82) is 0 Å². The maximum absolute atomic E-state index is 11.4. The van der Waals surface area contributed by atoms with Crippen LogP contribution in [0.5, 0.6) is 0 Å². The third-order valence-corrected chi connectivity index (χ3v) is 3.05. The molecule has 0 radical (unpaired) electrons. The van der Waals surface area contributed by atoms with E-state index in [9.17, 15) is 4.79 Å². The zero-order valence-electron chi connectivity index (χ0n) is 12.6. The fourth-order valence-corrected chi connectivity index (χ4v) is 1.96. The Balaban J connectivity index is 2.73. The molecule has 0 spiro atoms. The highest BCUT2D eigenvalue weighted by Crippen LogP contribution is 2.20. The zero-order chi connectivity index (χ0) is 14.4. The lowest BCUT2D eigenvalue weighted by molar-refractivity contribution is -0.119. The van der Waals surface area contributed by atoms with Gasteiger partial charge in [-0.15, -0.1) is 0 Å². The number of rotatable bonds is 6. The number of nitrogens with zero attached hydrogens (tertiary/aromatic N) is 1. The molecular weight excluding hydrogens is 238 g/mol. The number of anilines is 1. The van der Waals surface area contributed by atoms with Crippen LogP contribution in [0.25, 0.3) is 0 Å². The normalized spacial score (nSPS) is 10.6. The average Bonchev–Trinajstić information content (AvgIpc) is 2.35. The highest BCUT2D eigenvalue weighted by molar-refractivity contribution is 5.81. The summed E-state index contributed by atoms with van der Waals surface area (Å²) >= 11 is 0. The number of carbonyl (C=O) groups is 1. The second-order valence-corrected chi connectivity index (χ2v) is 5.19. The molecule has 19 heavy (non-hydrogen) atoms. The highest BCUT2D eigenvalue weighted by Gasteiger charge is 2.08. The minimum atomic E-state index is 0.0208. The molecule has 0 fully saturated rings. The summed E-state index contributed by atoms with van der Waals surface area (Å²) in [6.07, 6.45) is 0. The predicted molar refractivity (Wildman–Crippen MR) is 80.5 cm³/mol. The van der Waals surface area contributed by atoms with Gasteiger partial charge in [0.05, 0.1) is 6.54 Å². The van der Waals surface area contributed by atoms with Crippen molar-refractivity contribution in [2.24, 2.45) is 0 Å². The molecule has 0 bridgehead atoms. The van der Waals surface area contributed by atoms with Gasteiger partial charge in [-0.05, 0) is 24.1 Å². The SMILES string of the molecule is CNC(=O)CN(C)c1ccc(CNC(C)C)cc1C. The Morgan fingerprint density at radius 1 is 1.37 bits per heavy atom. The summed E-state index contributed by atoms with van der Waals surface area (Å²) < 4.78 is 0. The molecule has 2 N–H and O–H groups in total. The van der Waals surface area contributed by atoms with Crippen molar-refractivity contribution in [1.82, 2.24) is 10.6 Å². The molecule has 4 nitrogen and oxygen atoms in total. The van der Waals surface area contributed by atoms with Crippen molar-refractivity contribution in [3.05, 3.63) is 29.3 Å². The first kappa shape index (κ1) is 15.5. The fourth-order valence-electron chi connectivity index (χ4n) is 1.96. The number of aryl methyl sites for hydroxylation is 1. The lowest BCUT2D eigenvalue weighted by Crippen LogP contribution is -2.33. The van der Waals surface area contributed by atoms with Crippen LogP contribution in [0.1, 0.15) is 25.0 Å². The number of likely N-dealkylation sites (N-methyl/N-ethyl adjacent to an activating group) is 2. The first-order valence-electron chi connectivity index (χ1n) is 6.68. The van der Waals surface area contributed by atoms with Crippen molar-refractivity contribution in [2.75, 3.05) is 25.5 Å². The van der Waals surface area contributed by atoms with Gasteiger partial charge < -0.3 is 15.5 Å². The standard InChI is InChI=1S/C15H25N3O/c1-11(2)17-9-13-6-7-14(12(3)8-13)18(5)10-15(19)16-4/h6-8,11,17H,9-10H2,1-5H3,(H,16,19). The summed E-state index contributed by atoms with van der Waals surface area (Å²) in [6.45, 7) is 7.60. The van der Waals surface area contributed by atoms with Crippen LogP contribution < -0.4 is 15.5 Å². The van der Waals surface area contributed by atoms with Crippen LogP contribution in [0.4, 0.5) is 5.69 Å².